The third kappa shape index (κ3) is 4.92. The number of fused-ring (bicyclic) bond motifs is 1. The standard InChI is InChI=1S/C26H20BrNO4S/c1-3-12-32-23-15-21(27)19(13-22(23)31-4-2)14-24-25(29)28(26(30)33-24)16-18-10-7-9-17-8-5-6-11-20(17)18/h1,5-11,13-15H,4,12,16H2,2H3/b24-14+. The summed E-state index contributed by atoms with van der Waals surface area (Å²) in [5, 5.41) is 1.79. The second-order valence-corrected chi connectivity index (χ2v) is 9.00. The average molecular weight is 522 g/mol. The first-order chi connectivity index (χ1) is 16.0. The minimum Gasteiger partial charge on any atom is -0.490 e. The molecule has 5 nitrogen and oxygen atoms in total. The first kappa shape index (κ1) is 23.0. The number of carbonyl (C=O) groups excluding carboxylic acids is 2. The smallest absolute Gasteiger partial charge is 0.293 e. The highest BCUT2D eigenvalue weighted by Gasteiger charge is 2.35. The molecule has 1 heterocycles. The summed E-state index contributed by atoms with van der Waals surface area (Å²) in [4.78, 5) is 27.4. The molecule has 0 unspecified atom stereocenters. The van der Waals surface area contributed by atoms with Gasteiger partial charge in [0.1, 0.15) is 6.61 Å². The summed E-state index contributed by atoms with van der Waals surface area (Å²) in [5.41, 5.74) is 1.62. The van der Waals surface area contributed by atoms with Gasteiger partial charge >= 0.3 is 0 Å². The van der Waals surface area contributed by atoms with Crippen LogP contribution in [0.15, 0.2) is 64.0 Å². The zero-order valence-electron chi connectivity index (χ0n) is 17.8. The lowest BCUT2D eigenvalue weighted by molar-refractivity contribution is -0.123. The number of carbonyl (C=O) groups is 2. The molecule has 0 aromatic heterocycles. The van der Waals surface area contributed by atoms with E-state index in [1.54, 1.807) is 18.2 Å². The van der Waals surface area contributed by atoms with E-state index in [0.29, 0.717) is 33.0 Å². The summed E-state index contributed by atoms with van der Waals surface area (Å²) < 4.78 is 11.9. The molecule has 7 heteroatoms. The van der Waals surface area contributed by atoms with E-state index in [4.69, 9.17) is 15.9 Å². The van der Waals surface area contributed by atoms with Crippen LogP contribution >= 0.6 is 27.7 Å². The number of benzene rings is 3. The quantitative estimate of drug-likeness (QED) is 0.271. The van der Waals surface area contributed by atoms with Crippen molar-refractivity contribution in [2.45, 2.75) is 13.5 Å². The number of ether oxygens (including phenoxy) is 2. The fourth-order valence-electron chi connectivity index (χ4n) is 3.54. The van der Waals surface area contributed by atoms with Gasteiger partial charge in [0.15, 0.2) is 11.5 Å². The summed E-state index contributed by atoms with van der Waals surface area (Å²) in [5.74, 6) is 3.12. The largest absolute Gasteiger partial charge is 0.490 e. The Balaban J connectivity index is 1.62. The maximum absolute atomic E-state index is 13.1. The van der Waals surface area contributed by atoms with Gasteiger partial charge in [-0.05, 0) is 58.8 Å². The molecule has 0 radical (unpaired) electrons. The summed E-state index contributed by atoms with van der Waals surface area (Å²) >= 11 is 4.44. The Morgan fingerprint density at radius 2 is 1.85 bits per heavy atom. The molecule has 0 N–H and O–H groups in total. The van der Waals surface area contributed by atoms with Crippen LogP contribution in [0.25, 0.3) is 16.8 Å². The predicted octanol–water partition coefficient (Wildman–Crippen LogP) is 6.25. The zero-order valence-corrected chi connectivity index (χ0v) is 20.2. The molecule has 0 atom stereocenters. The van der Waals surface area contributed by atoms with Gasteiger partial charge in [0.2, 0.25) is 0 Å². The Bertz CT molecular complexity index is 1310. The number of halogens is 1. The molecule has 1 saturated heterocycles. The van der Waals surface area contributed by atoms with E-state index in [2.05, 4.69) is 21.9 Å². The zero-order chi connectivity index (χ0) is 23.4. The van der Waals surface area contributed by atoms with E-state index in [-0.39, 0.29) is 24.3 Å². The van der Waals surface area contributed by atoms with Crippen LogP contribution in [-0.2, 0) is 11.3 Å². The molecular formula is C26H20BrNO4S. The third-order valence-corrected chi connectivity index (χ3v) is 6.64. The number of terminal acetylenes is 1. The van der Waals surface area contributed by atoms with Crippen molar-refractivity contribution in [2.24, 2.45) is 0 Å². The second-order valence-electron chi connectivity index (χ2n) is 7.15. The minimum atomic E-state index is -0.324. The SMILES string of the molecule is C#CCOc1cc(Br)c(/C=C2/SC(=O)N(Cc3cccc4ccccc34)C2=O)cc1OCC. The van der Waals surface area contributed by atoms with Gasteiger partial charge in [-0.15, -0.1) is 6.42 Å². The van der Waals surface area contributed by atoms with Gasteiger partial charge in [-0.25, -0.2) is 0 Å². The summed E-state index contributed by atoms with van der Waals surface area (Å²) in [6, 6.07) is 17.3. The van der Waals surface area contributed by atoms with Crippen LogP contribution in [0, 0.1) is 12.3 Å². The van der Waals surface area contributed by atoms with E-state index >= 15 is 0 Å². The molecule has 3 aromatic carbocycles. The number of thioether (sulfide) groups is 1. The number of rotatable bonds is 7. The highest BCUT2D eigenvalue weighted by molar-refractivity contribution is 9.10. The Hall–Kier alpha value is -3.21. The van der Waals surface area contributed by atoms with Crippen molar-refractivity contribution in [3.63, 3.8) is 0 Å². The van der Waals surface area contributed by atoms with Crippen LogP contribution in [0.4, 0.5) is 4.79 Å². The number of imide groups is 1. The van der Waals surface area contributed by atoms with E-state index in [0.717, 1.165) is 28.1 Å². The first-order valence-corrected chi connectivity index (χ1v) is 11.9. The van der Waals surface area contributed by atoms with Crippen molar-refractivity contribution in [1.29, 1.82) is 0 Å². The molecule has 0 bridgehead atoms. The Morgan fingerprint density at radius 1 is 1.09 bits per heavy atom. The van der Waals surface area contributed by atoms with Crippen LogP contribution < -0.4 is 9.47 Å². The van der Waals surface area contributed by atoms with Gasteiger partial charge in [-0.1, -0.05) is 64.3 Å². The minimum absolute atomic E-state index is 0.110. The van der Waals surface area contributed by atoms with Crippen LogP contribution in [0.3, 0.4) is 0 Å². The normalized spacial score (nSPS) is 14.7. The lowest BCUT2D eigenvalue weighted by Crippen LogP contribution is -2.27. The molecule has 3 aromatic rings. The van der Waals surface area contributed by atoms with Crippen LogP contribution in [-0.4, -0.2) is 29.3 Å². The van der Waals surface area contributed by atoms with Crippen molar-refractivity contribution in [3.8, 4) is 23.8 Å². The van der Waals surface area contributed by atoms with Crippen molar-refractivity contribution < 1.29 is 19.1 Å². The summed E-state index contributed by atoms with van der Waals surface area (Å²) in [6.07, 6.45) is 6.98. The molecule has 4 rings (SSSR count). The molecule has 166 valence electrons. The van der Waals surface area contributed by atoms with Gasteiger partial charge in [-0.3, -0.25) is 14.5 Å². The highest BCUT2D eigenvalue weighted by atomic mass is 79.9. The van der Waals surface area contributed by atoms with Gasteiger partial charge in [-0.2, -0.15) is 0 Å². The predicted molar refractivity (Wildman–Crippen MR) is 135 cm³/mol. The lowest BCUT2D eigenvalue weighted by Gasteiger charge is -2.14. The van der Waals surface area contributed by atoms with E-state index in [9.17, 15) is 9.59 Å². The van der Waals surface area contributed by atoms with Gasteiger partial charge in [0, 0.05) is 4.47 Å². The Morgan fingerprint density at radius 3 is 2.64 bits per heavy atom. The fraction of sp³-hybridized carbons (Fsp3) is 0.154. The fourth-order valence-corrected chi connectivity index (χ4v) is 4.81. The van der Waals surface area contributed by atoms with Crippen LogP contribution in [0.1, 0.15) is 18.1 Å². The number of amides is 2. The molecule has 33 heavy (non-hydrogen) atoms. The monoisotopic (exact) mass is 521 g/mol. The average Bonchev–Trinajstić information content (AvgIpc) is 3.07. The van der Waals surface area contributed by atoms with E-state index < -0.39 is 0 Å². The number of nitrogens with zero attached hydrogens (tertiary/aromatic N) is 1. The number of hydrogen-bond donors (Lipinski definition) is 0. The van der Waals surface area contributed by atoms with Crippen LogP contribution in [0.2, 0.25) is 0 Å². The Labute approximate surface area is 204 Å². The molecule has 0 saturated carbocycles. The Kier molecular flexibility index (Phi) is 7.07. The topological polar surface area (TPSA) is 55.8 Å². The number of hydrogen-bond acceptors (Lipinski definition) is 5. The maximum Gasteiger partial charge on any atom is 0.293 e. The van der Waals surface area contributed by atoms with Gasteiger partial charge < -0.3 is 9.47 Å². The third-order valence-electron chi connectivity index (χ3n) is 5.04. The van der Waals surface area contributed by atoms with Crippen molar-refractivity contribution in [3.05, 3.63) is 75.1 Å². The van der Waals surface area contributed by atoms with Crippen molar-refractivity contribution in [1.82, 2.24) is 4.90 Å². The van der Waals surface area contributed by atoms with Crippen molar-refractivity contribution in [2.75, 3.05) is 13.2 Å². The van der Waals surface area contributed by atoms with Crippen molar-refractivity contribution >= 4 is 55.7 Å². The molecule has 2 amide bonds. The maximum atomic E-state index is 13.1. The second kappa shape index (κ2) is 10.2. The molecule has 0 spiro atoms. The molecule has 1 fully saturated rings. The molecule has 0 aliphatic carbocycles. The molecule has 1 aliphatic heterocycles. The highest BCUT2D eigenvalue weighted by Crippen LogP contribution is 2.39. The van der Waals surface area contributed by atoms with Gasteiger partial charge in [0.05, 0.1) is 18.1 Å². The van der Waals surface area contributed by atoms with E-state index in [1.165, 1.54) is 4.90 Å². The van der Waals surface area contributed by atoms with E-state index in [1.807, 2.05) is 49.4 Å². The molecule has 1 aliphatic rings. The molecular weight excluding hydrogens is 502 g/mol. The summed E-state index contributed by atoms with van der Waals surface area (Å²) in [7, 11) is 0. The van der Waals surface area contributed by atoms with Crippen LogP contribution in [0.5, 0.6) is 11.5 Å². The lowest BCUT2D eigenvalue weighted by atomic mass is 10.0. The van der Waals surface area contributed by atoms with Gasteiger partial charge in [0.25, 0.3) is 11.1 Å². The summed E-state index contributed by atoms with van der Waals surface area (Å²) in [6.45, 7) is 2.63. The first-order valence-electron chi connectivity index (χ1n) is 10.3.